The molecule has 2 amide bonds. The number of amides is 2. The second kappa shape index (κ2) is 11.2. The van der Waals surface area contributed by atoms with E-state index < -0.39 is 40.7 Å². The van der Waals surface area contributed by atoms with E-state index in [0.717, 1.165) is 18.2 Å². The van der Waals surface area contributed by atoms with Crippen LogP contribution in [0.4, 0.5) is 24.5 Å². The number of alkyl halides is 3. The van der Waals surface area contributed by atoms with Gasteiger partial charge in [-0.3, -0.25) is 14.4 Å². The Morgan fingerprint density at radius 3 is 2.26 bits per heavy atom. The summed E-state index contributed by atoms with van der Waals surface area (Å²) in [6.45, 7) is 1.60. The van der Waals surface area contributed by atoms with E-state index in [1.165, 1.54) is 11.8 Å². The number of aliphatic carboxylic acids is 1. The van der Waals surface area contributed by atoms with E-state index in [2.05, 4.69) is 10.6 Å². The van der Waals surface area contributed by atoms with E-state index in [-0.39, 0.29) is 16.6 Å². The largest absolute Gasteiger partial charge is 0.481 e. The smallest absolute Gasteiger partial charge is 0.416 e. The molecule has 6 nitrogen and oxygen atoms in total. The summed E-state index contributed by atoms with van der Waals surface area (Å²) in [7, 11) is 0. The summed E-state index contributed by atoms with van der Waals surface area (Å²) in [5.41, 5.74) is -0.575. The highest BCUT2D eigenvalue weighted by Crippen LogP contribution is 2.34. The van der Waals surface area contributed by atoms with Gasteiger partial charge < -0.3 is 15.7 Å². The number of allylic oxidation sites excluding steroid dienone is 2. The molecule has 0 bridgehead atoms. The Hall–Kier alpha value is -2.98. The molecular formula is C24H22ClF3N2O4S. The maximum Gasteiger partial charge on any atom is 0.416 e. The van der Waals surface area contributed by atoms with Gasteiger partial charge in [-0.25, -0.2) is 0 Å². The normalized spacial score (nSPS) is 18.5. The molecule has 3 rings (SSSR count). The van der Waals surface area contributed by atoms with E-state index in [1.54, 1.807) is 43.3 Å². The molecule has 35 heavy (non-hydrogen) atoms. The second-order valence-electron chi connectivity index (χ2n) is 7.95. The fourth-order valence-corrected chi connectivity index (χ4v) is 4.55. The molecule has 3 atom stereocenters. The minimum Gasteiger partial charge on any atom is -0.481 e. The van der Waals surface area contributed by atoms with Crippen molar-refractivity contribution in [2.24, 2.45) is 11.8 Å². The highest BCUT2D eigenvalue weighted by atomic mass is 35.5. The molecule has 0 aliphatic heterocycles. The number of carboxylic acid groups (broad SMARTS) is 1. The van der Waals surface area contributed by atoms with Gasteiger partial charge in [0.15, 0.2) is 0 Å². The first kappa shape index (κ1) is 26.6. The third-order valence-corrected chi connectivity index (χ3v) is 6.88. The quantitative estimate of drug-likeness (QED) is 0.300. The molecule has 2 aromatic rings. The Bertz CT molecular complexity index is 1140. The molecule has 1 aliphatic rings. The van der Waals surface area contributed by atoms with Crippen LogP contribution in [0.5, 0.6) is 0 Å². The molecule has 0 saturated carbocycles. The summed E-state index contributed by atoms with van der Waals surface area (Å²) in [6, 6.07) is 9.31. The summed E-state index contributed by atoms with van der Waals surface area (Å²) < 4.78 is 38.8. The number of carbonyl (C=O) groups is 3. The van der Waals surface area contributed by atoms with Crippen molar-refractivity contribution in [2.45, 2.75) is 36.1 Å². The summed E-state index contributed by atoms with van der Waals surface area (Å²) in [5, 5.41) is 13.8. The van der Waals surface area contributed by atoms with Gasteiger partial charge in [-0.2, -0.15) is 13.2 Å². The van der Waals surface area contributed by atoms with Crippen molar-refractivity contribution in [3.63, 3.8) is 0 Å². The van der Waals surface area contributed by atoms with Crippen molar-refractivity contribution in [3.8, 4) is 0 Å². The maximum absolute atomic E-state index is 12.9. The number of anilines is 2. The van der Waals surface area contributed by atoms with Gasteiger partial charge in [0.05, 0.1) is 33.4 Å². The molecule has 3 unspecified atom stereocenters. The Kier molecular flexibility index (Phi) is 8.50. The fraction of sp³-hybridized carbons (Fsp3) is 0.292. The van der Waals surface area contributed by atoms with E-state index in [4.69, 9.17) is 11.6 Å². The first-order valence-corrected chi connectivity index (χ1v) is 11.8. The summed E-state index contributed by atoms with van der Waals surface area (Å²) in [5.74, 6) is -3.37. The van der Waals surface area contributed by atoms with Crippen LogP contribution in [-0.4, -0.2) is 28.1 Å². The number of benzene rings is 2. The summed E-state index contributed by atoms with van der Waals surface area (Å²) >= 11 is 7.11. The second-order valence-corrected chi connectivity index (χ2v) is 9.77. The van der Waals surface area contributed by atoms with Gasteiger partial charge in [0, 0.05) is 10.6 Å². The van der Waals surface area contributed by atoms with Crippen molar-refractivity contribution in [1.82, 2.24) is 0 Å². The number of hydrogen-bond acceptors (Lipinski definition) is 4. The molecule has 11 heteroatoms. The topological polar surface area (TPSA) is 95.5 Å². The van der Waals surface area contributed by atoms with Crippen LogP contribution in [0.25, 0.3) is 0 Å². The van der Waals surface area contributed by atoms with Crippen LogP contribution in [0.15, 0.2) is 59.5 Å². The third-order valence-electron chi connectivity index (χ3n) is 5.44. The van der Waals surface area contributed by atoms with Gasteiger partial charge in [-0.1, -0.05) is 23.8 Å². The minimum atomic E-state index is -4.57. The SMILES string of the molecule is CC(Sc1ccc(NC(=O)C2CC=CCC2C(=O)O)cc1)C(=O)Nc1cc(C(F)(F)F)ccc1Cl. The zero-order valence-electron chi connectivity index (χ0n) is 18.4. The summed E-state index contributed by atoms with van der Waals surface area (Å²) in [6.07, 6.45) is -0.368. The van der Waals surface area contributed by atoms with Crippen LogP contribution < -0.4 is 10.6 Å². The average Bonchev–Trinajstić information content (AvgIpc) is 2.80. The number of halogens is 4. The third kappa shape index (κ3) is 7.02. The number of thioether (sulfide) groups is 1. The monoisotopic (exact) mass is 526 g/mol. The van der Waals surface area contributed by atoms with Crippen molar-refractivity contribution in [1.29, 1.82) is 0 Å². The Morgan fingerprint density at radius 1 is 1.03 bits per heavy atom. The lowest BCUT2D eigenvalue weighted by molar-refractivity contribution is -0.146. The standard InChI is InChI=1S/C24H22ClF3N2O4S/c1-13(21(31)30-20-12-14(24(26,27)28)6-11-19(20)25)35-16-9-7-15(8-10-16)29-22(32)17-4-2-3-5-18(17)23(33)34/h2-3,6-13,17-18H,4-5H2,1H3,(H,29,32)(H,30,31)(H,33,34). The van der Waals surface area contributed by atoms with Gasteiger partial charge in [0.25, 0.3) is 0 Å². The van der Waals surface area contributed by atoms with Gasteiger partial charge in [0.2, 0.25) is 11.8 Å². The van der Waals surface area contributed by atoms with Crippen LogP contribution in [0.2, 0.25) is 5.02 Å². The van der Waals surface area contributed by atoms with E-state index in [0.29, 0.717) is 23.4 Å². The van der Waals surface area contributed by atoms with Gasteiger partial charge in [-0.05, 0) is 62.2 Å². The van der Waals surface area contributed by atoms with E-state index in [9.17, 15) is 32.7 Å². The molecule has 0 heterocycles. The molecule has 3 N–H and O–H groups in total. The van der Waals surface area contributed by atoms with Crippen LogP contribution in [0.3, 0.4) is 0 Å². The first-order chi connectivity index (χ1) is 16.5. The van der Waals surface area contributed by atoms with Crippen molar-refractivity contribution in [2.75, 3.05) is 10.6 Å². The van der Waals surface area contributed by atoms with E-state index in [1.807, 2.05) is 0 Å². The van der Waals surface area contributed by atoms with E-state index >= 15 is 0 Å². The van der Waals surface area contributed by atoms with Crippen molar-refractivity contribution >= 4 is 52.5 Å². The zero-order chi connectivity index (χ0) is 25.8. The van der Waals surface area contributed by atoms with Crippen LogP contribution in [-0.2, 0) is 20.6 Å². The Balaban J connectivity index is 1.59. The predicted octanol–water partition coefficient (Wildman–Crippen LogP) is 6.08. The molecule has 0 spiro atoms. The Morgan fingerprint density at radius 2 is 1.66 bits per heavy atom. The number of rotatable bonds is 7. The number of carboxylic acids is 1. The van der Waals surface area contributed by atoms with Gasteiger partial charge >= 0.3 is 12.1 Å². The Labute approximate surface area is 208 Å². The number of carbonyl (C=O) groups excluding carboxylic acids is 2. The maximum atomic E-state index is 12.9. The van der Waals surface area contributed by atoms with Crippen LogP contribution in [0, 0.1) is 11.8 Å². The molecule has 0 saturated heterocycles. The molecular weight excluding hydrogens is 505 g/mol. The lowest BCUT2D eigenvalue weighted by Crippen LogP contribution is -2.34. The minimum absolute atomic E-state index is 0.0118. The van der Waals surface area contributed by atoms with Gasteiger partial charge in [0.1, 0.15) is 0 Å². The number of hydrogen-bond donors (Lipinski definition) is 3. The lowest BCUT2D eigenvalue weighted by Gasteiger charge is -2.24. The molecule has 2 aromatic carbocycles. The van der Waals surface area contributed by atoms with Crippen molar-refractivity contribution < 1.29 is 32.7 Å². The highest BCUT2D eigenvalue weighted by Gasteiger charge is 2.34. The van der Waals surface area contributed by atoms with Crippen LogP contribution >= 0.6 is 23.4 Å². The van der Waals surface area contributed by atoms with Crippen LogP contribution in [0.1, 0.15) is 25.3 Å². The summed E-state index contributed by atoms with van der Waals surface area (Å²) in [4.78, 5) is 37.2. The van der Waals surface area contributed by atoms with Gasteiger partial charge in [-0.15, -0.1) is 11.8 Å². The molecule has 0 fully saturated rings. The fourth-order valence-electron chi connectivity index (χ4n) is 3.52. The zero-order valence-corrected chi connectivity index (χ0v) is 20.0. The van der Waals surface area contributed by atoms with Crippen molar-refractivity contribution in [3.05, 3.63) is 65.2 Å². The molecule has 0 aromatic heterocycles. The predicted molar refractivity (Wildman–Crippen MR) is 128 cm³/mol. The molecule has 0 radical (unpaired) electrons. The average molecular weight is 527 g/mol. The highest BCUT2D eigenvalue weighted by molar-refractivity contribution is 8.00. The lowest BCUT2D eigenvalue weighted by atomic mass is 9.82. The molecule has 1 aliphatic carbocycles. The first-order valence-electron chi connectivity index (χ1n) is 10.6. The number of nitrogens with one attached hydrogen (secondary N) is 2. The molecule has 186 valence electrons.